The number of hydrogen-bond acceptors (Lipinski definition) is 3. The molecule has 0 saturated heterocycles. The van der Waals surface area contributed by atoms with Gasteiger partial charge in [-0.15, -0.1) is 0 Å². The van der Waals surface area contributed by atoms with E-state index in [1.165, 1.54) is 27.3 Å². The minimum atomic E-state index is 0.631. The Labute approximate surface area is 295 Å². The predicted octanol–water partition coefficient (Wildman–Crippen LogP) is 11.9. The highest BCUT2D eigenvalue weighted by Gasteiger charge is 2.19. The summed E-state index contributed by atoms with van der Waals surface area (Å²) in [6.45, 7) is 0. The smallest absolute Gasteiger partial charge is 0.164 e. The maximum atomic E-state index is 5.17. The predicted molar refractivity (Wildman–Crippen MR) is 211 cm³/mol. The summed E-state index contributed by atoms with van der Waals surface area (Å²) in [7, 11) is 0. The molecule has 0 spiro atoms. The van der Waals surface area contributed by atoms with Gasteiger partial charge in [0.25, 0.3) is 0 Å². The van der Waals surface area contributed by atoms with Gasteiger partial charge in [-0.05, 0) is 63.7 Å². The molecule has 238 valence electrons. The van der Waals surface area contributed by atoms with E-state index in [9.17, 15) is 0 Å². The number of nitrogens with zero attached hydrogens (tertiary/aromatic N) is 4. The molecule has 0 aliphatic rings. The number of para-hydroxylation sites is 1. The molecule has 8 aromatic carbocycles. The molecule has 0 N–H and O–H groups in total. The van der Waals surface area contributed by atoms with Crippen LogP contribution in [0.4, 0.5) is 0 Å². The SMILES string of the molecule is c1ccc(-c2ccc3c(c2)c2ccccc2n3-c2cc(-c3nc(-c4ccccc4)nc(-c4ccc5ccccc5c4)n3)cc3ccccc23)cc1. The van der Waals surface area contributed by atoms with Crippen molar-refractivity contribution >= 4 is 43.4 Å². The van der Waals surface area contributed by atoms with Crippen molar-refractivity contribution in [1.29, 1.82) is 0 Å². The van der Waals surface area contributed by atoms with E-state index in [-0.39, 0.29) is 0 Å². The Morgan fingerprint density at radius 2 is 0.843 bits per heavy atom. The normalized spacial score (nSPS) is 11.5. The van der Waals surface area contributed by atoms with Gasteiger partial charge in [-0.3, -0.25) is 0 Å². The fourth-order valence-corrected chi connectivity index (χ4v) is 7.33. The second-order valence-electron chi connectivity index (χ2n) is 12.9. The van der Waals surface area contributed by atoms with Crippen molar-refractivity contribution in [3.8, 4) is 51.0 Å². The Kier molecular flexibility index (Phi) is 6.78. The van der Waals surface area contributed by atoms with Gasteiger partial charge in [0.05, 0.1) is 16.7 Å². The molecule has 0 fully saturated rings. The Morgan fingerprint density at radius 1 is 0.294 bits per heavy atom. The van der Waals surface area contributed by atoms with Crippen LogP contribution in [-0.2, 0) is 0 Å². The van der Waals surface area contributed by atoms with Gasteiger partial charge < -0.3 is 4.57 Å². The Balaban J connectivity index is 1.22. The molecular weight excluding hydrogens is 621 g/mol. The van der Waals surface area contributed by atoms with Gasteiger partial charge in [-0.2, -0.15) is 0 Å². The van der Waals surface area contributed by atoms with Crippen LogP contribution in [0.5, 0.6) is 0 Å². The highest BCUT2D eigenvalue weighted by atomic mass is 15.0. The van der Waals surface area contributed by atoms with Crippen LogP contribution in [0.3, 0.4) is 0 Å². The summed E-state index contributed by atoms with van der Waals surface area (Å²) >= 11 is 0. The summed E-state index contributed by atoms with van der Waals surface area (Å²) < 4.78 is 2.40. The van der Waals surface area contributed by atoms with Gasteiger partial charge in [0.15, 0.2) is 17.5 Å². The molecule has 4 nitrogen and oxygen atoms in total. The van der Waals surface area contributed by atoms with Gasteiger partial charge in [0.2, 0.25) is 0 Å². The van der Waals surface area contributed by atoms with Crippen LogP contribution < -0.4 is 0 Å². The van der Waals surface area contributed by atoms with E-state index in [0.29, 0.717) is 17.5 Å². The molecule has 0 aliphatic heterocycles. The zero-order valence-electron chi connectivity index (χ0n) is 27.6. The molecule has 0 aliphatic carbocycles. The summed E-state index contributed by atoms with van der Waals surface area (Å²) in [5.74, 6) is 1.92. The first kappa shape index (κ1) is 29.0. The highest BCUT2D eigenvalue weighted by Crippen LogP contribution is 2.39. The molecule has 51 heavy (non-hydrogen) atoms. The Bertz CT molecular complexity index is 2910. The van der Waals surface area contributed by atoms with Crippen molar-refractivity contribution in [3.63, 3.8) is 0 Å². The zero-order valence-corrected chi connectivity index (χ0v) is 27.6. The molecule has 0 bridgehead atoms. The number of fused-ring (bicyclic) bond motifs is 5. The monoisotopic (exact) mass is 650 g/mol. The van der Waals surface area contributed by atoms with E-state index < -0.39 is 0 Å². The first-order chi connectivity index (χ1) is 25.3. The van der Waals surface area contributed by atoms with Gasteiger partial charge >= 0.3 is 0 Å². The summed E-state index contributed by atoms with van der Waals surface area (Å²) in [5.41, 5.74) is 8.60. The van der Waals surface area contributed by atoms with Gasteiger partial charge in [-0.1, -0.05) is 146 Å². The quantitative estimate of drug-likeness (QED) is 0.186. The molecule has 0 saturated carbocycles. The van der Waals surface area contributed by atoms with Crippen molar-refractivity contribution in [1.82, 2.24) is 19.5 Å². The molecule has 10 aromatic rings. The molecule has 0 atom stereocenters. The van der Waals surface area contributed by atoms with Crippen LogP contribution in [-0.4, -0.2) is 19.5 Å². The van der Waals surface area contributed by atoms with Gasteiger partial charge in [-0.25, -0.2) is 15.0 Å². The van der Waals surface area contributed by atoms with E-state index in [2.05, 4.69) is 168 Å². The molecule has 10 rings (SSSR count). The summed E-state index contributed by atoms with van der Waals surface area (Å²) in [5, 5.41) is 7.03. The minimum absolute atomic E-state index is 0.631. The lowest BCUT2D eigenvalue weighted by molar-refractivity contribution is 1.07. The third kappa shape index (κ3) is 5.04. The lowest BCUT2D eigenvalue weighted by atomic mass is 10.0. The number of benzene rings is 8. The molecule has 4 heteroatoms. The molecule has 0 radical (unpaired) electrons. The lowest BCUT2D eigenvalue weighted by Crippen LogP contribution is -2.02. The van der Waals surface area contributed by atoms with Crippen LogP contribution in [0.15, 0.2) is 182 Å². The number of rotatable bonds is 5. The van der Waals surface area contributed by atoms with Crippen molar-refractivity contribution in [2.75, 3.05) is 0 Å². The first-order valence-electron chi connectivity index (χ1n) is 17.2. The van der Waals surface area contributed by atoms with E-state index in [4.69, 9.17) is 15.0 Å². The molecule has 0 amide bonds. The standard InChI is InChI=1S/C47H30N4/c1-3-13-31(14-4-1)35-25-26-43-41(29-35)40-21-11-12-22-42(40)51(43)44-30-38(28-36-19-9-10-20-39(36)44)47-49-45(33-16-5-2-6-17-33)48-46(50-47)37-24-23-32-15-7-8-18-34(32)27-37/h1-30H. The molecule has 0 unspecified atom stereocenters. The Hall–Kier alpha value is -6.91. The Morgan fingerprint density at radius 3 is 1.63 bits per heavy atom. The lowest BCUT2D eigenvalue weighted by Gasteiger charge is -2.15. The van der Waals surface area contributed by atoms with E-state index in [1.54, 1.807) is 0 Å². The minimum Gasteiger partial charge on any atom is -0.309 e. The maximum absolute atomic E-state index is 5.17. The summed E-state index contributed by atoms with van der Waals surface area (Å²) in [6, 6.07) is 64.1. The maximum Gasteiger partial charge on any atom is 0.164 e. The van der Waals surface area contributed by atoms with Crippen molar-refractivity contribution in [2.24, 2.45) is 0 Å². The average molecular weight is 651 g/mol. The van der Waals surface area contributed by atoms with E-state index in [0.717, 1.165) is 49.6 Å². The fourth-order valence-electron chi connectivity index (χ4n) is 7.33. The topological polar surface area (TPSA) is 43.6 Å². The second-order valence-corrected chi connectivity index (χ2v) is 12.9. The van der Waals surface area contributed by atoms with Crippen molar-refractivity contribution in [2.45, 2.75) is 0 Å². The number of hydrogen-bond donors (Lipinski definition) is 0. The molecule has 2 aromatic heterocycles. The third-order valence-corrected chi connectivity index (χ3v) is 9.79. The number of aromatic nitrogens is 4. The second kappa shape index (κ2) is 11.9. The highest BCUT2D eigenvalue weighted by molar-refractivity contribution is 6.12. The van der Waals surface area contributed by atoms with Gasteiger partial charge in [0.1, 0.15) is 0 Å². The molecule has 2 heterocycles. The van der Waals surface area contributed by atoms with Crippen molar-refractivity contribution in [3.05, 3.63) is 182 Å². The largest absolute Gasteiger partial charge is 0.309 e. The van der Waals surface area contributed by atoms with Crippen LogP contribution in [0.2, 0.25) is 0 Å². The van der Waals surface area contributed by atoms with Gasteiger partial charge in [0, 0.05) is 32.8 Å². The van der Waals surface area contributed by atoms with E-state index >= 15 is 0 Å². The van der Waals surface area contributed by atoms with Crippen LogP contribution in [0, 0.1) is 0 Å². The van der Waals surface area contributed by atoms with Crippen LogP contribution in [0.1, 0.15) is 0 Å². The summed E-state index contributed by atoms with van der Waals surface area (Å²) in [4.78, 5) is 15.3. The third-order valence-electron chi connectivity index (χ3n) is 9.79. The average Bonchev–Trinajstić information content (AvgIpc) is 3.54. The summed E-state index contributed by atoms with van der Waals surface area (Å²) in [6.07, 6.45) is 0. The van der Waals surface area contributed by atoms with E-state index in [1.807, 2.05) is 18.2 Å². The van der Waals surface area contributed by atoms with Crippen molar-refractivity contribution < 1.29 is 0 Å². The molecular formula is C47H30N4. The zero-order chi connectivity index (χ0) is 33.7. The first-order valence-corrected chi connectivity index (χ1v) is 17.2. The van der Waals surface area contributed by atoms with Crippen LogP contribution in [0.25, 0.3) is 94.3 Å². The fraction of sp³-hybridized carbons (Fsp3) is 0. The van der Waals surface area contributed by atoms with Crippen LogP contribution >= 0.6 is 0 Å².